The van der Waals surface area contributed by atoms with Crippen molar-refractivity contribution in [2.45, 2.75) is 13.0 Å². The average molecular weight is 286 g/mol. The second-order valence-electron chi connectivity index (χ2n) is 3.85. The highest BCUT2D eigenvalue weighted by molar-refractivity contribution is 6.33. The standard InChI is InChI=1S/C12H13ClFN3O2/c1-2-18-6-10(15)11-16-12(19-17-11)8-4-3-7(14)5-9(8)13/h3-5,10H,2,6,15H2,1H3. The van der Waals surface area contributed by atoms with E-state index in [4.69, 9.17) is 26.6 Å². The molecule has 0 radical (unpaired) electrons. The Bertz CT molecular complexity index is 562. The van der Waals surface area contributed by atoms with Gasteiger partial charge in [-0.15, -0.1) is 0 Å². The lowest BCUT2D eigenvalue weighted by molar-refractivity contribution is 0.130. The fourth-order valence-corrected chi connectivity index (χ4v) is 1.73. The van der Waals surface area contributed by atoms with Gasteiger partial charge >= 0.3 is 0 Å². The maximum absolute atomic E-state index is 12.9. The minimum absolute atomic E-state index is 0.201. The normalized spacial score (nSPS) is 12.6. The summed E-state index contributed by atoms with van der Waals surface area (Å²) in [5.41, 5.74) is 6.30. The molecule has 0 amide bonds. The number of benzene rings is 1. The van der Waals surface area contributed by atoms with E-state index < -0.39 is 11.9 Å². The summed E-state index contributed by atoms with van der Waals surface area (Å²) in [6, 6.07) is 3.45. The van der Waals surface area contributed by atoms with Crippen LogP contribution in [0.25, 0.3) is 11.5 Å². The summed E-state index contributed by atoms with van der Waals surface area (Å²) in [5, 5.41) is 3.97. The van der Waals surface area contributed by atoms with E-state index in [0.29, 0.717) is 24.6 Å². The zero-order chi connectivity index (χ0) is 13.8. The van der Waals surface area contributed by atoms with E-state index in [0.717, 1.165) is 0 Å². The highest BCUT2D eigenvalue weighted by atomic mass is 35.5. The second kappa shape index (κ2) is 6.10. The van der Waals surface area contributed by atoms with Crippen molar-refractivity contribution in [1.29, 1.82) is 0 Å². The quantitative estimate of drug-likeness (QED) is 0.914. The number of hydrogen-bond acceptors (Lipinski definition) is 5. The van der Waals surface area contributed by atoms with Gasteiger partial charge in [0.15, 0.2) is 5.82 Å². The molecule has 0 saturated heterocycles. The van der Waals surface area contributed by atoms with Crippen LogP contribution in [-0.4, -0.2) is 23.4 Å². The van der Waals surface area contributed by atoms with Crippen molar-refractivity contribution >= 4 is 11.6 Å². The van der Waals surface area contributed by atoms with Gasteiger partial charge in [-0.2, -0.15) is 4.98 Å². The molecule has 0 saturated carbocycles. The molecule has 19 heavy (non-hydrogen) atoms. The number of nitrogens with zero attached hydrogens (tertiary/aromatic N) is 2. The number of aromatic nitrogens is 2. The Morgan fingerprint density at radius 2 is 2.32 bits per heavy atom. The van der Waals surface area contributed by atoms with Crippen LogP contribution < -0.4 is 5.73 Å². The van der Waals surface area contributed by atoms with Gasteiger partial charge < -0.3 is 15.0 Å². The van der Waals surface area contributed by atoms with Crippen molar-refractivity contribution in [3.63, 3.8) is 0 Å². The Morgan fingerprint density at radius 3 is 3.00 bits per heavy atom. The SMILES string of the molecule is CCOCC(N)c1noc(-c2ccc(F)cc2Cl)n1. The lowest BCUT2D eigenvalue weighted by atomic mass is 10.2. The van der Waals surface area contributed by atoms with Crippen molar-refractivity contribution in [1.82, 2.24) is 10.1 Å². The fourth-order valence-electron chi connectivity index (χ4n) is 1.48. The zero-order valence-electron chi connectivity index (χ0n) is 10.3. The Kier molecular flexibility index (Phi) is 4.47. The third kappa shape index (κ3) is 3.28. The lowest BCUT2D eigenvalue weighted by Crippen LogP contribution is -2.18. The highest BCUT2D eigenvalue weighted by Crippen LogP contribution is 2.27. The molecular weight excluding hydrogens is 273 g/mol. The second-order valence-corrected chi connectivity index (χ2v) is 4.26. The minimum atomic E-state index is -0.475. The monoisotopic (exact) mass is 285 g/mol. The Hall–Kier alpha value is -1.50. The highest BCUT2D eigenvalue weighted by Gasteiger charge is 2.17. The molecule has 5 nitrogen and oxygen atoms in total. The number of halogens is 2. The first-order chi connectivity index (χ1) is 9.11. The molecule has 0 aliphatic rings. The van der Waals surface area contributed by atoms with E-state index in [2.05, 4.69) is 10.1 Å². The van der Waals surface area contributed by atoms with Crippen LogP contribution in [0, 0.1) is 5.82 Å². The predicted molar refractivity (Wildman–Crippen MR) is 68.1 cm³/mol. The molecular formula is C12H13ClFN3O2. The number of rotatable bonds is 5. The summed E-state index contributed by atoms with van der Waals surface area (Å²) in [6.45, 7) is 2.72. The molecule has 1 aromatic carbocycles. The van der Waals surface area contributed by atoms with Crippen molar-refractivity contribution in [3.05, 3.63) is 34.9 Å². The summed E-state index contributed by atoms with van der Waals surface area (Å²) in [5.74, 6) is 0.0947. The summed E-state index contributed by atoms with van der Waals surface area (Å²) >= 11 is 5.91. The zero-order valence-corrected chi connectivity index (χ0v) is 11.0. The van der Waals surface area contributed by atoms with Gasteiger partial charge in [-0.1, -0.05) is 16.8 Å². The van der Waals surface area contributed by atoms with Gasteiger partial charge in [0.2, 0.25) is 0 Å². The van der Waals surface area contributed by atoms with Crippen LogP contribution in [0.1, 0.15) is 18.8 Å². The molecule has 1 unspecified atom stereocenters. The molecule has 2 rings (SSSR count). The van der Waals surface area contributed by atoms with Crippen LogP contribution in [0.15, 0.2) is 22.7 Å². The van der Waals surface area contributed by atoms with Crippen LogP contribution in [0.3, 0.4) is 0 Å². The topological polar surface area (TPSA) is 74.2 Å². The minimum Gasteiger partial charge on any atom is -0.380 e. The van der Waals surface area contributed by atoms with E-state index in [1.807, 2.05) is 6.92 Å². The molecule has 1 atom stereocenters. The Morgan fingerprint density at radius 1 is 1.53 bits per heavy atom. The summed E-state index contributed by atoms with van der Waals surface area (Å²) < 4.78 is 23.2. The predicted octanol–water partition coefficient (Wildman–Crippen LogP) is 2.57. The van der Waals surface area contributed by atoms with Crippen molar-refractivity contribution in [3.8, 4) is 11.5 Å². The van der Waals surface area contributed by atoms with Gasteiger partial charge in [0.05, 0.1) is 23.2 Å². The maximum Gasteiger partial charge on any atom is 0.259 e. The first-order valence-corrected chi connectivity index (χ1v) is 6.12. The van der Waals surface area contributed by atoms with Crippen LogP contribution in [0.5, 0.6) is 0 Å². The maximum atomic E-state index is 12.9. The molecule has 1 heterocycles. The third-order valence-electron chi connectivity index (χ3n) is 2.44. The van der Waals surface area contributed by atoms with Crippen molar-refractivity contribution in [2.75, 3.05) is 13.2 Å². The molecule has 0 aliphatic carbocycles. The number of hydrogen-bond donors (Lipinski definition) is 1. The first-order valence-electron chi connectivity index (χ1n) is 5.74. The molecule has 2 aromatic rings. The summed E-state index contributed by atoms with van der Waals surface area (Å²) in [7, 11) is 0. The molecule has 7 heteroatoms. The Labute approximate surface area is 114 Å². The smallest absolute Gasteiger partial charge is 0.259 e. The summed E-state index contributed by atoms with van der Waals surface area (Å²) in [4.78, 5) is 4.13. The van der Waals surface area contributed by atoms with Gasteiger partial charge in [0.25, 0.3) is 5.89 Å². The first kappa shape index (κ1) is 13.9. The van der Waals surface area contributed by atoms with Crippen LogP contribution in [0.2, 0.25) is 5.02 Å². The van der Waals surface area contributed by atoms with Gasteiger partial charge in [-0.25, -0.2) is 4.39 Å². The van der Waals surface area contributed by atoms with Gasteiger partial charge in [0, 0.05) is 6.61 Å². The third-order valence-corrected chi connectivity index (χ3v) is 2.75. The molecule has 0 spiro atoms. The molecule has 102 valence electrons. The van der Waals surface area contributed by atoms with Crippen LogP contribution in [0.4, 0.5) is 4.39 Å². The van der Waals surface area contributed by atoms with Gasteiger partial charge in [-0.3, -0.25) is 0 Å². The molecule has 1 aromatic heterocycles. The largest absolute Gasteiger partial charge is 0.380 e. The van der Waals surface area contributed by atoms with E-state index in [1.54, 1.807) is 0 Å². The van der Waals surface area contributed by atoms with E-state index in [9.17, 15) is 4.39 Å². The van der Waals surface area contributed by atoms with Gasteiger partial charge in [0.1, 0.15) is 5.82 Å². The molecule has 0 aliphatic heterocycles. The average Bonchev–Trinajstić information content (AvgIpc) is 2.85. The van der Waals surface area contributed by atoms with Crippen LogP contribution >= 0.6 is 11.6 Å². The molecule has 0 fully saturated rings. The van der Waals surface area contributed by atoms with E-state index >= 15 is 0 Å². The lowest BCUT2D eigenvalue weighted by Gasteiger charge is -2.05. The fraction of sp³-hybridized carbons (Fsp3) is 0.333. The number of nitrogens with two attached hydrogens (primary N) is 1. The Balaban J connectivity index is 2.20. The molecule has 2 N–H and O–H groups in total. The van der Waals surface area contributed by atoms with E-state index in [1.165, 1.54) is 18.2 Å². The van der Waals surface area contributed by atoms with Crippen LogP contribution in [-0.2, 0) is 4.74 Å². The summed E-state index contributed by atoms with van der Waals surface area (Å²) in [6.07, 6.45) is 0. The molecule has 0 bridgehead atoms. The van der Waals surface area contributed by atoms with E-state index in [-0.39, 0.29) is 10.9 Å². The van der Waals surface area contributed by atoms with Crippen molar-refractivity contribution in [2.24, 2.45) is 5.73 Å². The number of ether oxygens (including phenoxy) is 1. The van der Waals surface area contributed by atoms with Gasteiger partial charge in [-0.05, 0) is 25.1 Å². The van der Waals surface area contributed by atoms with Crippen molar-refractivity contribution < 1.29 is 13.7 Å².